The van der Waals surface area contributed by atoms with Crippen LogP contribution < -0.4 is 18.9 Å². The van der Waals surface area contributed by atoms with E-state index < -0.39 is 10.1 Å². The van der Waals surface area contributed by atoms with Gasteiger partial charge >= 0.3 is 18.9 Å². The van der Waals surface area contributed by atoms with Crippen molar-refractivity contribution >= 4 is 31.7 Å². The Bertz CT molecular complexity index is 857. The standard InChI is InChI=1S/C14H10O3S.Li/c15-18(16,17)14-6-5-12-7-10-3-1-2-4-11(10)8-13(12)9-14;/h1-9H,(H,15,16,17);/q;+1/p-1. The summed E-state index contributed by atoms with van der Waals surface area (Å²) in [7, 11) is -4.40. The molecule has 0 saturated carbocycles. The number of fused-ring (bicyclic) bond motifs is 2. The average Bonchev–Trinajstić information content (AvgIpc) is 2.34. The van der Waals surface area contributed by atoms with Gasteiger partial charge in [0.05, 0.1) is 4.90 Å². The SMILES string of the molecule is O=S(=O)([O-])c1ccc2cc3ccccc3cc2c1.[Li+]. The van der Waals surface area contributed by atoms with Crippen molar-refractivity contribution in [3.8, 4) is 0 Å². The van der Waals surface area contributed by atoms with Crippen molar-refractivity contribution in [2.24, 2.45) is 0 Å². The van der Waals surface area contributed by atoms with Gasteiger partial charge in [-0.3, -0.25) is 0 Å². The van der Waals surface area contributed by atoms with Crippen molar-refractivity contribution in [2.75, 3.05) is 0 Å². The van der Waals surface area contributed by atoms with E-state index in [2.05, 4.69) is 0 Å². The minimum absolute atomic E-state index is 0. The zero-order chi connectivity index (χ0) is 12.8. The molecule has 0 fully saturated rings. The predicted octanol–water partition coefficient (Wildman–Crippen LogP) is -0.0989. The van der Waals surface area contributed by atoms with Crippen LogP contribution in [0.4, 0.5) is 0 Å². The second kappa shape index (κ2) is 4.99. The van der Waals surface area contributed by atoms with Crippen LogP contribution in [0.15, 0.2) is 59.5 Å². The predicted molar refractivity (Wildman–Crippen MR) is 69.4 cm³/mol. The summed E-state index contributed by atoms with van der Waals surface area (Å²) in [4.78, 5) is -0.190. The Morgan fingerprint density at radius 1 is 0.737 bits per heavy atom. The van der Waals surface area contributed by atoms with Gasteiger partial charge in [-0.1, -0.05) is 30.3 Å². The second-order valence-electron chi connectivity index (χ2n) is 4.16. The van der Waals surface area contributed by atoms with Gasteiger partial charge in [0, 0.05) is 0 Å². The quantitative estimate of drug-likeness (QED) is 0.350. The zero-order valence-corrected chi connectivity index (χ0v) is 11.1. The van der Waals surface area contributed by atoms with Gasteiger partial charge in [0.2, 0.25) is 0 Å². The van der Waals surface area contributed by atoms with Crippen LogP contribution in [0.5, 0.6) is 0 Å². The molecule has 0 aromatic heterocycles. The van der Waals surface area contributed by atoms with E-state index in [-0.39, 0.29) is 23.8 Å². The third-order valence-corrected chi connectivity index (χ3v) is 3.80. The molecule has 3 aromatic rings. The van der Waals surface area contributed by atoms with Crippen molar-refractivity contribution in [1.82, 2.24) is 0 Å². The van der Waals surface area contributed by atoms with Crippen molar-refractivity contribution in [1.29, 1.82) is 0 Å². The molecular weight excluding hydrogens is 255 g/mol. The van der Waals surface area contributed by atoms with Gasteiger partial charge in [-0.2, -0.15) is 0 Å². The molecule has 5 heteroatoms. The van der Waals surface area contributed by atoms with Crippen LogP contribution in [0.1, 0.15) is 0 Å². The van der Waals surface area contributed by atoms with Crippen LogP contribution in [0.25, 0.3) is 21.5 Å². The molecule has 0 aliphatic rings. The Balaban J connectivity index is 0.00000133. The van der Waals surface area contributed by atoms with Crippen LogP contribution in [-0.4, -0.2) is 13.0 Å². The topological polar surface area (TPSA) is 57.2 Å². The number of rotatable bonds is 1. The summed E-state index contributed by atoms with van der Waals surface area (Å²) in [6, 6.07) is 16.1. The van der Waals surface area contributed by atoms with E-state index in [1.165, 1.54) is 12.1 Å². The molecule has 0 radical (unpaired) electrons. The molecule has 3 aromatic carbocycles. The summed E-state index contributed by atoms with van der Waals surface area (Å²) in [5, 5.41) is 3.78. The summed E-state index contributed by atoms with van der Waals surface area (Å²) in [5.41, 5.74) is 0. The molecule has 0 aliphatic carbocycles. The first-order chi connectivity index (χ1) is 8.54. The first-order valence-electron chi connectivity index (χ1n) is 5.42. The molecule has 0 heterocycles. The van der Waals surface area contributed by atoms with Crippen LogP contribution in [0.2, 0.25) is 0 Å². The first kappa shape index (κ1) is 14.1. The van der Waals surface area contributed by atoms with Gasteiger partial charge in [-0.15, -0.1) is 0 Å². The Morgan fingerprint density at radius 3 is 1.84 bits per heavy atom. The maximum atomic E-state index is 11.0. The molecule has 0 atom stereocenters. The fraction of sp³-hybridized carbons (Fsp3) is 0. The minimum atomic E-state index is -4.40. The van der Waals surface area contributed by atoms with Crippen molar-refractivity contribution < 1.29 is 31.8 Å². The largest absolute Gasteiger partial charge is 1.00 e. The van der Waals surface area contributed by atoms with E-state index in [4.69, 9.17) is 0 Å². The van der Waals surface area contributed by atoms with E-state index >= 15 is 0 Å². The Hall–Kier alpha value is -1.31. The number of benzene rings is 3. The molecule has 0 unspecified atom stereocenters. The summed E-state index contributed by atoms with van der Waals surface area (Å²) in [6.45, 7) is 0. The first-order valence-corrected chi connectivity index (χ1v) is 6.83. The third-order valence-electron chi connectivity index (χ3n) is 2.96. The molecule has 90 valence electrons. The molecule has 0 aliphatic heterocycles. The summed E-state index contributed by atoms with van der Waals surface area (Å²) in [5.74, 6) is 0. The molecule has 3 rings (SSSR count). The van der Waals surface area contributed by atoms with Crippen LogP contribution in [0.3, 0.4) is 0 Å². The second-order valence-corrected chi connectivity index (χ2v) is 5.54. The van der Waals surface area contributed by atoms with E-state index in [1.807, 2.05) is 36.4 Å². The fourth-order valence-electron chi connectivity index (χ4n) is 2.07. The van der Waals surface area contributed by atoms with Crippen LogP contribution >= 0.6 is 0 Å². The van der Waals surface area contributed by atoms with E-state index in [9.17, 15) is 13.0 Å². The third kappa shape index (κ3) is 2.67. The van der Waals surface area contributed by atoms with Crippen molar-refractivity contribution in [3.05, 3.63) is 54.6 Å². The summed E-state index contributed by atoms with van der Waals surface area (Å²) in [6.07, 6.45) is 0. The van der Waals surface area contributed by atoms with Crippen LogP contribution in [-0.2, 0) is 10.1 Å². The summed E-state index contributed by atoms with van der Waals surface area (Å²) >= 11 is 0. The van der Waals surface area contributed by atoms with E-state index in [0.29, 0.717) is 0 Å². The smallest absolute Gasteiger partial charge is 0.744 e. The Morgan fingerprint density at radius 2 is 1.26 bits per heavy atom. The Kier molecular flexibility index (Phi) is 3.70. The molecule has 0 N–H and O–H groups in total. The zero-order valence-electron chi connectivity index (χ0n) is 10.3. The maximum absolute atomic E-state index is 11.0. The van der Waals surface area contributed by atoms with Gasteiger partial charge in [-0.25, -0.2) is 8.42 Å². The molecule has 0 spiro atoms. The molecule has 0 bridgehead atoms. The van der Waals surface area contributed by atoms with Gasteiger partial charge in [0.1, 0.15) is 10.1 Å². The van der Waals surface area contributed by atoms with Gasteiger partial charge in [-0.05, 0) is 45.8 Å². The number of hydrogen-bond acceptors (Lipinski definition) is 3. The molecule has 3 nitrogen and oxygen atoms in total. The maximum Gasteiger partial charge on any atom is 1.00 e. The summed E-state index contributed by atoms with van der Waals surface area (Å²) < 4.78 is 33.0. The molecular formula is C14H9LiO3S. The van der Waals surface area contributed by atoms with Gasteiger partial charge in [0.15, 0.2) is 0 Å². The van der Waals surface area contributed by atoms with Crippen LogP contribution in [0, 0.1) is 0 Å². The normalized spacial score (nSPS) is 11.4. The fourth-order valence-corrected chi connectivity index (χ4v) is 2.58. The molecule has 0 amide bonds. The number of hydrogen-bond donors (Lipinski definition) is 0. The van der Waals surface area contributed by atoms with Gasteiger partial charge in [0.25, 0.3) is 0 Å². The Labute approximate surface area is 123 Å². The minimum Gasteiger partial charge on any atom is -0.744 e. The average molecular weight is 264 g/mol. The van der Waals surface area contributed by atoms with E-state index in [0.717, 1.165) is 21.5 Å². The van der Waals surface area contributed by atoms with E-state index in [1.54, 1.807) is 6.07 Å². The van der Waals surface area contributed by atoms with Gasteiger partial charge < -0.3 is 4.55 Å². The molecule has 19 heavy (non-hydrogen) atoms. The van der Waals surface area contributed by atoms with Crippen molar-refractivity contribution in [2.45, 2.75) is 4.90 Å². The monoisotopic (exact) mass is 264 g/mol. The van der Waals surface area contributed by atoms with Crippen molar-refractivity contribution in [3.63, 3.8) is 0 Å². The molecule has 0 saturated heterocycles.